The van der Waals surface area contributed by atoms with Crippen molar-refractivity contribution in [3.05, 3.63) is 90.9 Å². The van der Waals surface area contributed by atoms with Crippen molar-refractivity contribution in [2.24, 2.45) is 10.2 Å². The third-order valence-corrected chi connectivity index (χ3v) is 4.29. The van der Waals surface area contributed by atoms with Crippen molar-refractivity contribution in [3.8, 4) is 0 Å². The Hall–Kier alpha value is -3.56. The second-order valence-electron chi connectivity index (χ2n) is 5.69. The van der Waals surface area contributed by atoms with Crippen LogP contribution in [0.3, 0.4) is 0 Å². The summed E-state index contributed by atoms with van der Waals surface area (Å²) >= 11 is 12.0. The van der Waals surface area contributed by atoms with Gasteiger partial charge in [-0.1, -0.05) is 23.2 Å². The summed E-state index contributed by atoms with van der Waals surface area (Å²) in [6.07, 6.45) is 0. The zero-order chi connectivity index (χ0) is 21.0. The Kier molecular flexibility index (Phi) is 6.01. The van der Waals surface area contributed by atoms with Crippen molar-refractivity contribution in [1.82, 2.24) is 0 Å². The van der Waals surface area contributed by atoms with Gasteiger partial charge in [-0.3, -0.25) is 20.2 Å². The number of hydrogen-bond acceptors (Lipinski definition) is 7. The number of nitrogens with one attached hydrogen (secondary N) is 1. The summed E-state index contributed by atoms with van der Waals surface area (Å²) in [6.45, 7) is 0. The van der Waals surface area contributed by atoms with E-state index in [-0.39, 0.29) is 27.1 Å². The zero-order valence-corrected chi connectivity index (χ0v) is 16.0. The average molecular weight is 432 g/mol. The number of hydrogen-bond donors (Lipinski definition) is 1. The van der Waals surface area contributed by atoms with E-state index in [1.165, 1.54) is 12.1 Å². The molecular weight excluding hydrogens is 421 g/mol. The fourth-order valence-corrected chi connectivity index (χ4v) is 2.86. The lowest BCUT2D eigenvalue weighted by molar-refractivity contribution is -0.385. The summed E-state index contributed by atoms with van der Waals surface area (Å²) in [7, 11) is 0. The van der Waals surface area contributed by atoms with Crippen molar-refractivity contribution >= 4 is 57.3 Å². The van der Waals surface area contributed by atoms with Gasteiger partial charge in [0.05, 0.1) is 25.6 Å². The second-order valence-corrected chi connectivity index (χ2v) is 6.51. The molecule has 3 rings (SSSR count). The predicted octanol–water partition coefficient (Wildman–Crippen LogP) is 6.97. The van der Waals surface area contributed by atoms with Gasteiger partial charge in [0.1, 0.15) is 5.69 Å². The number of rotatable bonds is 6. The summed E-state index contributed by atoms with van der Waals surface area (Å²) in [6, 6.07) is 15.2. The van der Waals surface area contributed by atoms with Crippen molar-refractivity contribution in [1.29, 1.82) is 0 Å². The van der Waals surface area contributed by atoms with Gasteiger partial charge in [-0.25, -0.2) is 0 Å². The molecule has 0 unspecified atom stereocenters. The monoisotopic (exact) mass is 431 g/mol. The van der Waals surface area contributed by atoms with E-state index >= 15 is 0 Å². The quantitative estimate of drug-likeness (QED) is 0.256. The number of halogens is 2. The van der Waals surface area contributed by atoms with Crippen LogP contribution in [0.15, 0.2) is 70.9 Å². The number of nitro benzene ring substituents is 2. The van der Waals surface area contributed by atoms with Gasteiger partial charge in [0.15, 0.2) is 0 Å². The molecule has 0 bridgehead atoms. The van der Waals surface area contributed by atoms with Crippen molar-refractivity contribution in [2.75, 3.05) is 5.32 Å². The molecule has 146 valence electrons. The first-order chi connectivity index (χ1) is 13.8. The minimum Gasteiger partial charge on any atom is -0.356 e. The van der Waals surface area contributed by atoms with Crippen LogP contribution in [0.25, 0.3) is 0 Å². The summed E-state index contributed by atoms with van der Waals surface area (Å²) < 4.78 is 0. The second kappa shape index (κ2) is 8.63. The molecule has 0 saturated carbocycles. The van der Waals surface area contributed by atoms with Crippen LogP contribution < -0.4 is 5.32 Å². The molecular formula is C18H11Cl2N5O4. The molecule has 9 nitrogen and oxygen atoms in total. The van der Waals surface area contributed by atoms with E-state index in [0.29, 0.717) is 11.4 Å². The first kappa shape index (κ1) is 20.2. The standard InChI is InChI=1S/C18H11Cl2N5O4/c19-16-9-15(25(28)29)10-17(20)18(16)23-22-13-3-1-11(2-4-13)21-12-5-7-14(8-6-12)24(26)27/h1-10,21H. The molecule has 3 aromatic rings. The third-order valence-electron chi connectivity index (χ3n) is 3.71. The molecule has 0 aromatic heterocycles. The first-order valence-electron chi connectivity index (χ1n) is 8.00. The third kappa shape index (κ3) is 5.03. The molecule has 0 saturated heterocycles. The Balaban J connectivity index is 1.72. The van der Waals surface area contributed by atoms with E-state index < -0.39 is 9.85 Å². The van der Waals surface area contributed by atoms with Crippen LogP contribution in [-0.4, -0.2) is 9.85 Å². The van der Waals surface area contributed by atoms with E-state index in [9.17, 15) is 20.2 Å². The van der Waals surface area contributed by atoms with E-state index in [2.05, 4.69) is 15.5 Å². The normalized spacial score (nSPS) is 10.8. The molecule has 0 aliphatic rings. The molecule has 0 aliphatic carbocycles. The van der Waals surface area contributed by atoms with Gasteiger partial charge in [-0.05, 0) is 36.4 Å². The highest BCUT2D eigenvalue weighted by Crippen LogP contribution is 2.37. The van der Waals surface area contributed by atoms with E-state index in [4.69, 9.17) is 23.2 Å². The first-order valence-corrected chi connectivity index (χ1v) is 8.76. The van der Waals surface area contributed by atoms with Crippen molar-refractivity contribution < 1.29 is 9.85 Å². The Morgan fingerprint density at radius 2 is 1.21 bits per heavy atom. The molecule has 0 atom stereocenters. The topological polar surface area (TPSA) is 123 Å². The number of nitrogens with zero attached hydrogens (tertiary/aromatic N) is 4. The highest BCUT2D eigenvalue weighted by Gasteiger charge is 2.14. The molecule has 0 radical (unpaired) electrons. The van der Waals surface area contributed by atoms with Gasteiger partial charge in [-0.15, -0.1) is 5.11 Å². The molecule has 0 fully saturated rings. The van der Waals surface area contributed by atoms with Gasteiger partial charge in [0.2, 0.25) is 0 Å². The Morgan fingerprint density at radius 1 is 0.724 bits per heavy atom. The van der Waals surface area contributed by atoms with Gasteiger partial charge >= 0.3 is 0 Å². The van der Waals surface area contributed by atoms with Crippen LogP contribution in [0.1, 0.15) is 0 Å². The summed E-state index contributed by atoms with van der Waals surface area (Å²) in [5, 5.41) is 32.6. The molecule has 3 aromatic carbocycles. The molecule has 29 heavy (non-hydrogen) atoms. The minimum absolute atomic E-state index is 0.00914. The molecule has 0 heterocycles. The van der Waals surface area contributed by atoms with Gasteiger partial charge in [0.25, 0.3) is 11.4 Å². The van der Waals surface area contributed by atoms with Gasteiger partial charge in [-0.2, -0.15) is 5.11 Å². The number of non-ortho nitro benzene ring substituents is 2. The molecule has 0 aliphatic heterocycles. The van der Waals surface area contributed by atoms with Crippen LogP contribution in [0.2, 0.25) is 10.0 Å². The summed E-state index contributed by atoms with van der Waals surface area (Å²) in [5.74, 6) is 0. The molecule has 1 N–H and O–H groups in total. The van der Waals surface area contributed by atoms with Crippen LogP contribution >= 0.6 is 23.2 Å². The number of benzene rings is 3. The van der Waals surface area contributed by atoms with Crippen LogP contribution in [0.5, 0.6) is 0 Å². The maximum atomic E-state index is 10.8. The predicted molar refractivity (Wildman–Crippen MR) is 110 cm³/mol. The summed E-state index contributed by atoms with van der Waals surface area (Å²) in [5.41, 5.74) is 1.84. The average Bonchev–Trinajstić information content (AvgIpc) is 2.68. The highest BCUT2D eigenvalue weighted by atomic mass is 35.5. The fourth-order valence-electron chi connectivity index (χ4n) is 2.31. The molecule has 0 amide bonds. The lowest BCUT2D eigenvalue weighted by Crippen LogP contribution is -1.91. The zero-order valence-electron chi connectivity index (χ0n) is 14.5. The maximum absolute atomic E-state index is 10.8. The number of azo groups is 1. The Labute approximate surface area is 173 Å². The van der Waals surface area contributed by atoms with E-state index in [0.717, 1.165) is 17.8 Å². The molecule has 11 heteroatoms. The van der Waals surface area contributed by atoms with E-state index in [1.54, 1.807) is 36.4 Å². The van der Waals surface area contributed by atoms with Gasteiger partial charge in [0, 0.05) is 35.6 Å². The SMILES string of the molecule is O=[N+]([O-])c1ccc(Nc2ccc(N=Nc3c(Cl)cc([N+](=O)[O-])cc3Cl)cc2)cc1. The van der Waals surface area contributed by atoms with E-state index in [1.807, 2.05) is 0 Å². The Bertz CT molecular complexity index is 1080. The number of anilines is 2. The lowest BCUT2D eigenvalue weighted by Gasteiger charge is -2.06. The van der Waals surface area contributed by atoms with Crippen molar-refractivity contribution in [3.63, 3.8) is 0 Å². The van der Waals surface area contributed by atoms with Crippen LogP contribution in [0.4, 0.5) is 34.1 Å². The minimum atomic E-state index is -0.602. The summed E-state index contributed by atoms with van der Waals surface area (Å²) in [4.78, 5) is 20.4. The Morgan fingerprint density at radius 3 is 1.69 bits per heavy atom. The van der Waals surface area contributed by atoms with Gasteiger partial charge < -0.3 is 5.32 Å². The fraction of sp³-hybridized carbons (Fsp3) is 0. The number of nitro groups is 2. The highest BCUT2D eigenvalue weighted by molar-refractivity contribution is 6.39. The lowest BCUT2D eigenvalue weighted by atomic mass is 10.2. The smallest absolute Gasteiger partial charge is 0.272 e. The largest absolute Gasteiger partial charge is 0.356 e. The molecule has 0 spiro atoms. The maximum Gasteiger partial charge on any atom is 0.272 e. The van der Waals surface area contributed by atoms with Crippen molar-refractivity contribution in [2.45, 2.75) is 0 Å². The van der Waals surface area contributed by atoms with Crippen LogP contribution in [-0.2, 0) is 0 Å². The van der Waals surface area contributed by atoms with Crippen LogP contribution in [0, 0.1) is 20.2 Å².